The zero-order valence-electron chi connectivity index (χ0n) is 16.3. The molecule has 0 radical (unpaired) electrons. The Balaban J connectivity index is 1.71. The van der Waals surface area contributed by atoms with Gasteiger partial charge in [0.2, 0.25) is 15.9 Å². The number of rotatable bonds is 7. The summed E-state index contributed by atoms with van der Waals surface area (Å²) in [6.45, 7) is 3.84. The number of sulfonamides is 1. The van der Waals surface area contributed by atoms with Gasteiger partial charge >= 0.3 is 0 Å². The first-order valence-electron chi connectivity index (χ1n) is 9.01. The molecule has 29 heavy (non-hydrogen) atoms. The summed E-state index contributed by atoms with van der Waals surface area (Å²) < 4.78 is 28.4. The van der Waals surface area contributed by atoms with Gasteiger partial charge in [0, 0.05) is 24.7 Å². The van der Waals surface area contributed by atoms with Crippen molar-refractivity contribution in [3.8, 4) is 0 Å². The van der Waals surface area contributed by atoms with Gasteiger partial charge in [-0.25, -0.2) is 13.1 Å². The Labute approximate surface area is 174 Å². The molecule has 1 N–H and O–H groups in total. The van der Waals surface area contributed by atoms with Gasteiger partial charge in [-0.1, -0.05) is 35.0 Å². The maximum Gasteiger partial charge on any atom is 0.243 e. The van der Waals surface area contributed by atoms with Crippen LogP contribution in [0.2, 0.25) is 5.02 Å². The first-order valence-corrected chi connectivity index (χ1v) is 10.8. The number of hydrogen-bond acceptors (Lipinski definition) is 5. The van der Waals surface area contributed by atoms with E-state index in [0.29, 0.717) is 10.5 Å². The van der Waals surface area contributed by atoms with E-state index in [1.165, 1.54) is 19.2 Å². The van der Waals surface area contributed by atoms with E-state index in [1.807, 2.05) is 19.9 Å². The highest BCUT2D eigenvalue weighted by Crippen LogP contribution is 2.21. The molecule has 0 spiro atoms. The molecule has 10 heteroatoms. The van der Waals surface area contributed by atoms with Crippen LogP contribution in [-0.4, -0.2) is 47.2 Å². The number of carbonyl (C=O) groups excluding carboxylic acids is 1. The van der Waals surface area contributed by atoms with Crippen molar-refractivity contribution >= 4 is 38.6 Å². The molecule has 8 nitrogen and oxygen atoms in total. The van der Waals surface area contributed by atoms with E-state index in [-0.39, 0.29) is 24.0 Å². The van der Waals surface area contributed by atoms with Gasteiger partial charge in [-0.05, 0) is 43.7 Å². The minimum atomic E-state index is -3.86. The summed E-state index contributed by atoms with van der Waals surface area (Å²) in [6, 6.07) is 11.9. The van der Waals surface area contributed by atoms with Crippen LogP contribution in [0.4, 0.5) is 0 Å². The predicted molar refractivity (Wildman–Crippen MR) is 111 cm³/mol. The second-order valence-corrected chi connectivity index (χ2v) is 9.36. The number of benzene rings is 2. The number of hydrogen-bond donors (Lipinski definition) is 1. The zero-order valence-corrected chi connectivity index (χ0v) is 17.9. The zero-order chi connectivity index (χ0) is 21.2. The van der Waals surface area contributed by atoms with E-state index in [4.69, 9.17) is 11.6 Å². The van der Waals surface area contributed by atoms with Crippen LogP contribution >= 0.6 is 11.6 Å². The summed E-state index contributed by atoms with van der Waals surface area (Å²) in [6.07, 6.45) is 0. The third-order valence-electron chi connectivity index (χ3n) is 4.44. The van der Waals surface area contributed by atoms with E-state index in [2.05, 4.69) is 15.6 Å². The molecular formula is C19H22ClN5O3S. The number of likely N-dealkylation sites (N-methyl/N-ethyl adjacent to an activating group) is 1. The number of fused-ring (bicyclic) bond motifs is 1. The van der Waals surface area contributed by atoms with Crippen molar-refractivity contribution < 1.29 is 13.2 Å². The van der Waals surface area contributed by atoms with Crippen LogP contribution < -0.4 is 5.32 Å². The Morgan fingerprint density at radius 2 is 1.97 bits per heavy atom. The van der Waals surface area contributed by atoms with Crippen LogP contribution in [-0.2, 0) is 21.4 Å². The molecule has 0 atom stereocenters. The topological polar surface area (TPSA) is 97.2 Å². The van der Waals surface area contributed by atoms with E-state index in [0.717, 1.165) is 15.4 Å². The fraction of sp³-hybridized carbons (Fsp3) is 0.316. The van der Waals surface area contributed by atoms with Crippen LogP contribution in [0.3, 0.4) is 0 Å². The molecule has 154 valence electrons. The second-order valence-electron chi connectivity index (χ2n) is 6.91. The van der Waals surface area contributed by atoms with Gasteiger partial charge in [-0.3, -0.25) is 4.79 Å². The van der Waals surface area contributed by atoms with Gasteiger partial charge in [0.25, 0.3) is 0 Å². The van der Waals surface area contributed by atoms with E-state index < -0.39 is 15.9 Å². The quantitative estimate of drug-likeness (QED) is 0.615. The highest BCUT2D eigenvalue weighted by molar-refractivity contribution is 7.89. The Morgan fingerprint density at radius 1 is 1.24 bits per heavy atom. The predicted octanol–water partition coefficient (Wildman–Crippen LogP) is 2.60. The van der Waals surface area contributed by atoms with Crippen LogP contribution in [0.5, 0.6) is 0 Å². The Hall–Kier alpha value is -2.49. The maximum atomic E-state index is 12.9. The number of nitrogens with zero attached hydrogens (tertiary/aromatic N) is 4. The van der Waals surface area contributed by atoms with Gasteiger partial charge in [-0.2, -0.15) is 4.31 Å². The number of halogens is 1. The Morgan fingerprint density at radius 3 is 2.66 bits per heavy atom. The molecule has 1 aromatic heterocycles. The van der Waals surface area contributed by atoms with Gasteiger partial charge in [0.1, 0.15) is 5.52 Å². The lowest BCUT2D eigenvalue weighted by Crippen LogP contribution is -2.38. The monoisotopic (exact) mass is 435 g/mol. The number of amides is 1. The first kappa shape index (κ1) is 21.2. The lowest BCUT2D eigenvalue weighted by Gasteiger charge is -2.17. The molecule has 1 heterocycles. The van der Waals surface area contributed by atoms with Crippen molar-refractivity contribution in [2.75, 3.05) is 13.6 Å². The Kier molecular flexibility index (Phi) is 6.21. The van der Waals surface area contributed by atoms with Crippen molar-refractivity contribution in [1.29, 1.82) is 0 Å². The summed E-state index contributed by atoms with van der Waals surface area (Å²) >= 11 is 6.06. The fourth-order valence-electron chi connectivity index (χ4n) is 2.82. The Bertz CT molecular complexity index is 1140. The average molecular weight is 436 g/mol. The smallest absolute Gasteiger partial charge is 0.243 e. The van der Waals surface area contributed by atoms with Crippen molar-refractivity contribution in [2.24, 2.45) is 0 Å². The van der Waals surface area contributed by atoms with Crippen molar-refractivity contribution in [2.45, 2.75) is 31.3 Å². The molecule has 3 rings (SSSR count). The molecule has 0 aliphatic heterocycles. The molecule has 2 aromatic carbocycles. The lowest BCUT2D eigenvalue weighted by molar-refractivity contribution is -0.121. The first-order chi connectivity index (χ1) is 13.7. The van der Waals surface area contributed by atoms with Gasteiger partial charge in [0.15, 0.2) is 0 Å². The fourth-order valence-corrected chi connectivity index (χ4v) is 4.17. The van der Waals surface area contributed by atoms with Crippen molar-refractivity contribution in [3.63, 3.8) is 0 Å². The summed E-state index contributed by atoms with van der Waals surface area (Å²) in [7, 11) is -2.50. The molecule has 0 bridgehead atoms. The van der Waals surface area contributed by atoms with Crippen molar-refractivity contribution in [3.05, 3.63) is 53.1 Å². The van der Waals surface area contributed by atoms with Gasteiger partial charge in [0.05, 0.1) is 17.0 Å². The van der Waals surface area contributed by atoms with Crippen LogP contribution in [0.1, 0.15) is 25.5 Å². The standard InChI is InChI=1S/C19H22ClN5O3S/c1-13(2)25-18-9-8-15(10-17(18)22-23-25)29(27,28)24(3)12-19(26)21-11-14-6-4-5-7-16(14)20/h4-10,13H,11-12H2,1-3H3,(H,21,26). The summed E-state index contributed by atoms with van der Waals surface area (Å²) in [4.78, 5) is 12.3. The van der Waals surface area contributed by atoms with Gasteiger partial charge in [-0.15, -0.1) is 5.10 Å². The summed E-state index contributed by atoms with van der Waals surface area (Å²) in [5, 5.41) is 11.3. The molecule has 0 saturated heterocycles. The van der Waals surface area contributed by atoms with Crippen LogP contribution in [0.25, 0.3) is 11.0 Å². The molecule has 0 unspecified atom stereocenters. The van der Waals surface area contributed by atoms with Crippen LogP contribution in [0.15, 0.2) is 47.4 Å². The van der Waals surface area contributed by atoms with Gasteiger partial charge < -0.3 is 5.32 Å². The summed E-state index contributed by atoms with van der Waals surface area (Å²) in [5.74, 6) is -0.428. The molecule has 0 aliphatic rings. The summed E-state index contributed by atoms with van der Waals surface area (Å²) in [5.41, 5.74) is 1.99. The number of nitrogens with one attached hydrogen (secondary N) is 1. The van der Waals surface area contributed by atoms with E-state index in [1.54, 1.807) is 28.9 Å². The number of aromatic nitrogens is 3. The van der Waals surface area contributed by atoms with Crippen molar-refractivity contribution in [1.82, 2.24) is 24.6 Å². The molecule has 3 aromatic rings. The SMILES string of the molecule is CC(C)n1nnc2cc(S(=O)(=O)N(C)CC(=O)NCc3ccccc3Cl)ccc21. The van der Waals surface area contributed by atoms with E-state index >= 15 is 0 Å². The minimum absolute atomic E-state index is 0.0576. The molecular weight excluding hydrogens is 414 g/mol. The van der Waals surface area contributed by atoms with Crippen LogP contribution in [0, 0.1) is 0 Å². The second kappa shape index (κ2) is 8.48. The molecule has 0 fully saturated rings. The molecule has 0 aliphatic carbocycles. The lowest BCUT2D eigenvalue weighted by atomic mass is 10.2. The minimum Gasteiger partial charge on any atom is -0.351 e. The maximum absolute atomic E-state index is 12.9. The molecule has 0 saturated carbocycles. The normalized spacial score (nSPS) is 12.1. The van der Waals surface area contributed by atoms with E-state index in [9.17, 15) is 13.2 Å². The third-order valence-corrected chi connectivity index (χ3v) is 6.61. The third kappa shape index (κ3) is 4.58. The molecule has 1 amide bonds. The number of carbonyl (C=O) groups is 1. The highest BCUT2D eigenvalue weighted by Gasteiger charge is 2.24. The average Bonchev–Trinajstić information content (AvgIpc) is 3.10. The largest absolute Gasteiger partial charge is 0.351 e. The highest BCUT2D eigenvalue weighted by atomic mass is 35.5.